The molecule has 2 rings (SSSR count). The smallest absolute Gasteiger partial charge is 0.334 e. The number of hydrogen-bond donors (Lipinski definition) is 1. The highest BCUT2D eigenvalue weighted by atomic mass is 16.2. The zero-order chi connectivity index (χ0) is 17.1. The SMILES string of the molecule is CCCN1C(=O)C(=O)N(CC(=O)N(C)CC(=O)NC2CC2)C1=O. The second-order valence-electron chi connectivity index (χ2n) is 5.72. The zero-order valence-corrected chi connectivity index (χ0v) is 13.2. The Morgan fingerprint density at radius 1 is 1.17 bits per heavy atom. The zero-order valence-electron chi connectivity index (χ0n) is 13.2. The number of amides is 6. The van der Waals surface area contributed by atoms with Gasteiger partial charge in [-0.2, -0.15) is 0 Å². The first kappa shape index (κ1) is 16.9. The Hall–Kier alpha value is -2.45. The fourth-order valence-corrected chi connectivity index (χ4v) is 2.17. The third kappa shape index (κ3) is 3.85. The maximum atomic E-state index is 12.1. The Bertz CT molecular complexity index is 557. The fraction of sp³-hybridized carbons (Fsp3) is 0.643. The molecule has 1 heterocycles. The van der Waals surface area contributed by atoms with Crippen molar-refractivity contribution in [2.75, 3.05) is 26.7 Å². The van der Waals surface area contributed by atoms with Gasteiger partial charge >= 0.3 is 17.8 Å². The van der Waals surface area contributed by atoms with Gasteiger partial charge in [-0.3, -0.25) is 24.1 Å². The van der Waals surface area contributed by atoms with Gasteiger partial charge in [-0.15, -0.1) is 0 Å². The summed E-state index contributed by atoms with van der Waals surface area (Å²) >= 11 is 0. The Morgan fingerprint density at radius 2 is 1.78 bits per heavy atom. The summed E-state index contributed by atoms with van der Waals surface area (Å²) in [5.41, 5.74) is 0. The van der Waals surface area contributed by atoms with Crippen LogP contribution in [-0.4, -0.2) is 77.1 Å². The van der Waals surface area contributed by atoms with Crippen molar-refractivity contribution in [3.63, 3.8) is 0 Å². The van der Waals surface area contributed by atoms with E-state index < -0.39 is 30.3 Å². The highest BCUT2D eigenvalue weighted by Gasteiger charge is 2.44. The van der Waals surface area contributed by atoms with Crippen LogP contribution in [-0.2, 0) is 19.2 Å². The lowest BCUT2D eigenvalue weighted by Gasteiger charge is -2.20. The van der Waals surface area contributed by atoms with Gasteiger partial charge in [-0.1, -0.05) is 6.92 Å². The molecule has 9 heteroatoms. The van der Waals surface area contributed by atoms with Crippen molar-refractivity contribution in [3.8, 4) is 0 Å². The first-order valence-electron chi connectivity index (χ1n) is 7.55. The number of imide groups is 2. The van der Waals surface area contributed by atoms with E-state index in [1.807, 2.05) is 0 Å². The van der Waals surface area contributed by atoms with E-state index in [1.165, 1.54) is 7.05 Å². The summed E-state index contributed by atoms with van der Waals surface area (Å²) < 4.78 is 0. The molecule has 1 aliphatic carbocycles. The second-order valence-corrected chi connectivity index (χ2v) is 5.72. The number of likely N-dealkylation sites (N-methyl/N-ethyl adjacent to an activating group) is 1. The van der Waals surface area contributed by atoms with Crippen molar-refractivity contribution in [1.82, 2.24) is 20.0 Å². The van der Waals surface area contributed by atoms with Crippen LogP contribution in [0.2, 0.25) is 0 Å². The molecule has 0 aromatic heterocycles. The maximum absolute atomic E-state index is 12.1. The standard InChI is InChI=1S/C14H20N4O5/c1-3-6-17-12(21)13(22)18(14(17)23)8-11(20)16(2)7-10(19)15-9-4-5-9/h9H,3-8H2,1-2H3,(H,15,19). The minimum Gasteiger partial charge on any atom is -0.352 e. The minimum atomic E-state index is -1.01. The topological polar surface area (TPSA) is 107 Å². The fourth-order valence-electron chi connectivity index (χ4n) is 2.17. The van der Waals surface area contributed by atoms with Crippen molar-refractivity contribution in [2.24, 2.45) is 0 Å². The summed E-state index contributed by atoms with van der Waals surface area (Å²) in [5, 5.41) is 2.74. The number of rotatable bonds is 7. The van der Waals surface area contributed by atoms with E-state index in [0.717, 1.165) is 22.6 Å². The van der Waals surface area contributed by atoms with Gasteiger partial charge in [0.05, 0.1) is 6.54 Å². The lowest BCUT2D eigenvalue weighted by molar-refractivity contribution is -0.145. The second kappa shape index (κ2) is 6.76. The molecular formula is C14H20N4O5. The largest absolute Gasteiger partial charge is 0.352 e. The Morgan fingerprint density at radius 3 is 2.35 bits per heavy atom. The van der Waals surface area contributed by atoms with Gasteiger partial charge in [0.25, 0.3) is 0 Å². The minimum absolute atomic E-state index is 0.133. The third-order valence-electron chi connectivity index (χ3n) is 3.62. The Balaban J connectivity index is 1.90. The number of urea groups is 1. The van der Waals surface area contributed by atoms with Gasteiger partial charge in [0.1, 0.15) is 6.54 Å². The van der Waals surface area contributed by atoms with Crippen LogP contribution in [0.1, 0.15) is 26.2 Å². The predicted octanol–water partition coefficient (Wildman–Crippen LogP) is -1.08. The first-order valence-corrected chi connectivity index (χ1v) is 7.55. The number of nitrogens with one attached hydrogen (secondary N) is 1. The van der Waals surface area contributed by atoms with Crippen molar-refractivity contribution >= 4 is 29.7 Å². The lowest BCUT2D eigenvalue weighted by atomic mass is 10.4. The molecular weight excluding hydrogens is 304 g/mol. The van der Waals surface area contributed by atoms with Gasteiger partial charge in [0.2, 0.25) is 11.8 Å². The van der Waals surface area contributed by atoms with Crippen molar-refractivity contribution in [2.45, 2.75) is 32.2 Å². The van der Waals surface area contributed by atoms with Gasteiger partial charge in [-0.05, 0) is 19.3 Å². The summed E-state index contributed by atoms with van der Waals surface area (Å²) in [5.74, 6) is -2.79. The maximum Gasteiger partial charge on any atom is 0.334 e. The summed E-state index contributed by atoms with van der Waals surface area (Å²) in [6, 6.07) is -0.598. The molecule has 9 nitrogen and oxygen atoms in total. The van der Waals surface area contributed by atoms with Crippen LogP contribution in [0, 0.1) is 0 Å². The molecule has 0 bridgehead atoms. The molecule has 2 aliphatic rings. The average Bonchev–Trinajstić information content (AvgIpc) is 3.28. The quantitative estimate of drug-likeness (QED) is 0.474. The van der Waals surface area contributed by atoms with Crippen molar-refractivity contribution < 1.29 is 24.0 Å². The Labute approximate surface area is 133 Å². The molecule has 0 radical (unpaired) electrons. The van der Waals surface area contributed by atoms with Crippen LogP contribution in [0.15, 0.2) is 0 Å². The summed E-state index contributed by atoms with van der Waals surface area (Å²) in [6.07, 6.45) is 2.40. The van der Waals surface area contributed by atoms with Crippen LogP contribution < -0.4 is 5.32 Å². The monoisotopic (exact) mass is 324 g/mol. The van der Waals surface area contributed by atoms with Crippen LogP contribution in [0.5, 0.6) is 0 Å². The van der Waals surface area contributed by atoms with E-state index >= 15 is 0 Å². The molecule has 0 aromatic rings. The van der Waals surface area contributed by atoms with Crippen LogP contribution in [0.25, 0.3) is 0 Å². The molecule has 1 saturated carbocycles. The molecule has 23 heavy (non-hydrogen) atoms. The molecule has 1 saturated heterocycles. The van der Waals surface area contributed by atoms with Gasteiger partial charge < -0.3 is 10.2 Å². The predicted molar refractivity (Wildman–Crippen MR) is 77.9 cm³/mol. The molecule has 6 amide bonds. The third-order valence-corrected chi connectivity index (χ3v) is 3.62. The van der Waals surface area contributed by atoms with Crippen LogP contribution >= 0.6 is 0 Å². The molecule has 2 fully saturated rings. The van der Waals surface area contributed by atoms with E-state index in [9.17, 15) is 24.0 Å². The lowest BCUT2D eigenvalue weighted by Crippen LogP contribution is -2.45. The van der Waals surface area contributed by atoms with E-state index in [-0.39, 0.29) is 25.0 Å². The van der Waals surface area contributed by atoms with Gasteiger partial charge in [0, 0.05) is 19.6 Å². The number of nitrogens with zero attached hydrogens (tertiary/aromatic N) is 3. The highest BCUT2D eigenvalue weighted by molar-refractivity contribution is 6.45. The van der Waals surface area contributed by atoms with E-state index in [4.69, 9.17) is 0 Å². The van der Waals surface area contributed by atoms with Crippen LogP contribution in [0.4, 0.5) is 4.79 Å². The Kier molecular flexibility index (Phi) is 4.97. The molecule has 1 aliphatic heterocycles. The van der Waals surface area contributed by atoms with Crippen molar-refractivity contribution in [1.29, 1.82) is 0 Å². The molecule has 0 aromatic carbocycles. The van der Waals surface area contributed by atoms with Crippen molar-refractivity contribution in [3.05, 3.63) is 0 Å². The summed E-state index contributed by atoms with van der Waals surface area (Å²) in [4.78, 5) is 61.8. The number of hydrogen-bond acceptors (Lipinski definition) is 5. The molecule has 0 atom stereocenters. The highest BCUT2D eigenvalue weighted by Crippen LogP contribution is 2.18. The molecule has 0 unspecified atom stereocenters. The van der Waals surface area contributed by atoms with Crippen LogP contribution in [0.3, 0.4) is 0 Å². The molecule has 0 spiro atoms. The van der Waals surface area contributed by atoms with E-state index in [1.54, 1.807) is 6.92 Å². The summed E-state index contributed by atoms with van der Waals surface area (Å²) in [6.45, 7) is 1.20. The van der Waals surface area contributed by atoms with E-state index in [0.29, 0.717) is 11.3 Å². The molecule has 126 valence electrons. The normalized spacial score (nSPS) is 17.7. The first-order chi connectivity index (χ1) is 10.8. The summed E-state index contributed by atoms with van der Waals surface area (Å²) in [7, 11) is 1.41. The van der Waals surface area contributed by atoms with Gasteiger partial charge in [-0.25, -0.2) is 9.69 Å². The number of carbonyl (C=O) groups is 5. The average molecular weight is 324 g/mol. The number of carbonyl (C=O) groups excluding carboxylic acids is 5. The van der Waals surface area contributed by atoms with E-state index in [2.05, 4.69) is 5.32 Å². The van der Waals surface area contributed by atoms with Gasteiger partial charge in [0.15, 0.2) is 0 Å². The molecule has 1 N–H and O–H groups in total.